The summed E-state index contributed by atoms with van der Waals surface area (Å²) in [4.78, 5) is 23.5. The molecule has 21 heavy (non-hydrogen) atoms. The van der Waals surface area contributed by atoms with E-state index in [4.69, 9.17) is 0 Å². The third-order valence-corrected chi connectivity index (χ3v) is 3.20. The van der Waals surface area contributed by atoms with Crippen LogP contribution in [0.15, 0.2) is 24.3 Å². The van der Waals surface area contributed by atoms with Gasteiger partial charge in [0.05, 0.1) is 7.11 Å². The number of ether oxygens (including phenoxy) is 1. The van der Waals surface area contributed by atoms with E-state index in [1.807, 2.05) is 20.8 Å². The summed E-state index contributed by atoms with van der Waals surface area (Å²) in [6.07, 6.45) is -0.255. The maximum atomic E-state index is 13.7. The molecule has 0 bridgehead atoms. The summed E-state index contributed by atoms with van der Waals surface area (Å²) in [6.45, 7) is 5.44. The summed E-state index contributed by atoms with van der Waals surface area (Å²) in [7, 11) is 1.25. The molecule has 116 valence electrons. The van der Waals surface area contributed by atoms with Crippen LogP contribution in [0.4, 0.5) is 9.18 Å². The summed E-state index contributed by atoms with van der Waals surface area (Å²) in [5.74, 6) is -0.349. The lowest BCUT2D eigenvalue weighted by molar-refractivity contribution is -0.126. The number of Topliss-reactive ketones (excluding diaryl/α,β-unsaturated/α-hetero) is 1. The van der Waals surface area contributed by atoms with Crippen molar-refractivity contribution in [1.29, 1.82) is 0 Å². The first kappa shape index (κ1) is 17.1. The van der Waals surface area contributed by atoms with Crippen LogP contribution in [-0.2, 0) is 16.0 Å². The fraction of sp³-hybridized carbons (Fsp3) is 0.500. The number of rotatable bonds is 5. The number of carbonyl (C=O) groups is 2. The molecule has 0 saturated carbocycles. The first-order valence-electron chi connectivity index (χ1n) is 6.85. The molecule has 0 saturated heterocycles. The van der Waals surface area contributed by atoms with E-state index in [-0.39, 0.29) is 24.4 Å². The fourth-order valence-corrected chi connectivity index (χ4v) is 1.86. The van der Waals surface area contributed by atoms with E-state index in [0.29, 0.717) is 5.56 Å². The van der Waals surface area contributed by atoms with Crippen LogP contribution in [0.1, 0.15) is 32.8 Å². The Kier molecular flexibility index (Phi) is 5.88. The highest BCUT2D eigenvalue weighted by molar-refractivity contribution is 5.84. The Labute approximate surface area is 124 Å². The predicted octanol–water partition coefficient (Wildman–Crippen LogP) is 3.10. The Hall–Kier alpha value is -1.91. The van der Waals surface area contributed by atoms with Gasteiger partial charge >= 0.3 is 6.09 Å². The average Bonchev–Trinajstić information content (AvgIpc) is 2.40. The van der Waals surface area contributed by atoms with Crippen molar-refractivity contribution < 1.29 is 18.7 Å². The topological polar surface area (TPSA) is 55.4 Å². The Morgan fingerprint density at radius 2 is 1.90 bits per heavy atom. The standard InChI is InChI=1S/C16H22FNO3/c1-16(2,3)14(19)10-12(18-15(20)21-4)9-11-7-5-6-8-13(11)17/h5-8,12H,9-10H2,1-4H3,(H,18,20)/t12-/m1/s1. The number of halogens is 1. The van der Waals surface area contributed by atoms with Crippen LogP contribution in [-0.4, -0.2) is 25.0 Å². The number of benzene rings is 1. The van der Waals surface area contributed by atoms with Gasteiger partial charge in [-0.25, -0.2) is 9.18 Å². The van der Waals surface area contributed by atoms with E-state index in [1.165, 1.54) is 13.2 Å². The highest BCUT2D eigenvalue weighted by atomic mass is 19.1. The van der Waals surface area contributed by atoms with Gasteiger partial charge in [0.1, 0.15) is 11.6 Å². The third kappa shape index (κ3) is 5.53. The van der Waals surface area contributed by atoms with E-state index in [1.54, 1.807) is 18.2 Å². The molecule has 0 aliphatic heterocycles. The van der Waals surface area contributed by atoms with Crippen molar-refractivity contribution in [2.24, 2.45) is 5.41 Å². The van der Waals surface area contributed by atoms with Crippen LogP contribution in [0, 0.1) is 11.2 Å². The van der Waals surface area contributed by atoms with E-state index < -0.39 is 17.6 Å². The zero-order valence-electron chi connectivity index (χ0n) is 12.9. The minimum atomic E-state index is -0.627. The summed E-state index contributed by atoms with van der Waals surface area (Å²) in [6, 6.07) is 5.82. The van der Waals surface area contributed by atoms with Gasteiger partial charge in [-0.05, 0) is 18.1 Å². The summed E-state index contributed by atoms with van der Waals surface area (Å²) < 4.78 is 18.3. The Balaban J connectivity index is 2.85. The molecule has 0 heterocycles. The highest BCUT2D eigenvalue weighted by Crippen LogP contribution is 2.20. The fourth-order valence-electron chi connectivity index (χ4n) is 1.86. The maximum Gasteiger partial charge on any atom is 0.407 e. The van der Waals surface area contributed by atoms with E-state index in [9.17, 15) is 14.0 Å². The molecule has 0 radical (unpaired) electrons. The Morgan fingerprint density at radius 1 is 1.29 bits per heavy atom. The van der Waals surface area contributed by atoms with Crippen molar-refractivity contribution in [3.8, 4) is 0 Å². The Morgan fingerprint density at radius 3 is 2.43 bits per heavy atom. The van der Waals surface area contributed by atoms with Crippen LogP contribution in [0.5, 0.6) is 0 Å². The lowest BCUT2D eigenvalue weighted by atomic mass is 9.86. The zero-order valence-corrected chi connectivity index (χ0v) is 12.9. The number of carbonyl (C=O) groups excluding carboxylic acids is 2. The number of hydrogen-bond donors (Lipinski definition) is 1. The van der Waals surface area contributed by atoms with Crippen LogP contribution < -0.4 is 5.32 Å². The molecule has 0 aromatic heterocycles. The molecule has 0 aliphatic rings. The Bertz CT molecular complexity index is 508. The van der Waals surface area contributed by atoms with Crippen molar-refractivity contribution in [2.75, 3.05) is 7.11 Å². The van der Waals surface area contributed by atoms with Gasteiger partial charge in [-0.3, -0.25) is 4.79 Å². The largest absolute Gasteiger partial charge is 0.453 e. The summed E-state index contributed by atoms with van der Waals surface area (Å²) >= 11 is 0. The van der Waals surface area contributed by atoms with Crippen LogP contribution in [0.2, 0.25) is 0 Å². The van der Waals surface area contributed by atoms with Gasteiger partial charge in [0.25, 0.3) is 0 Å². The number of nitrogens with one attached hydrogen (secondary N) is 1. The predicted molar refractivity (Wildman–Crippen MR) is 78.5 cm³/mol. The normalized spacial score (nSPS) is 12.6. The monoisotopic (exact) mass is 295 g/mol. The first-order valence-corrected chi connectivity index (χ1v) is 6.85. The average molecular weight is 295 g/mol. The minimum absolute atomic E-state index is 0.000224. The van der Waals surface area contributed by atoms with Crippen molar-refractivity contribution in [1.82, 2.24) is 5.32 Å². The van der Waals surface area contributed by atoms with E-state index in [2.05, 4.69) is 10.1 Å². The molecule has 1 N–H and O–H groups in total. The van der Waals surface area contributed by atoms with Gasteiger partial charge < -0.3 is 10.1 Å². The molecular formula is C16H22FNO3. The molecule has 1 amide bonds. The SMILES string of the molecule is COC(=O)N[C@@H](CC(=O)C(C)(C)C)Cc1ccccc1F. The molecule has 0 unspecified atom stereocenters. The second-order valence-electron chi connectivity index (χ2n) is 6.01. The molecule has 5 heteroatoms. The van der Waals surface area contributed by atoms with Crippen LogP contribution in [0.3, 0.4) is 0 Å². The maximum absolute atomic E-state index is 13.7. The number of hydrogen-bond acceptors (Lipinski definition) is 3. The smallest absolute Gasteiger partial charge is 0.407 e. The number of amides is 1. The summed E-state index contributed by atoms with van der Waals surface area (Å²) in [5, 5.41) is 2.60. The first-order chi connectivity index (χ1) is 9.74. The van der Waals surface area contributed by atoms with Gasteiger partial charge in [0.15, 0.2) is 0 Å². The van der Waals surface area contributed by atoms with Crippen molar-refractivity contribution in [3.63, 3.8) is 0 Å². The van der Waals surface area contributed by atoms with Crippen molar-refractivity contribution in [3.05, 3.63) is 35.6 Å². The molecule has 1 atom stereocenters. The molecule has 0 spiro atoms. The van der Waals surface area contributed by atoms with Gasteiger partial charge in [-0.15, -0.1) is 0 Å². The second-order valence-corrected chi connectivity index (χ2v) is 6.01. The minimum Gasteiger partial charge on any atom is -0.453 e. The molecule has 0 fully saturated rings. The van der Waals surface area contributed by atoms with Crippen LogP contribution >= 0.6 is 0 Å². The molecule has 1 aromatic carbocycles. The quantitative estimate of drug-likeness (QED) is 0.908. The van der Waals surface area contributed by atoms with E-state index in [0.717, 1.165) is 0 Å². The molecule has 1 aromatic rings. The second kappa shape index (κ2) is 7.20. The van der Waals surface area contributed by atoms with Gasteiger partial charge in [0.2, 0.25) is 0 Å². The number of ketones is 1. The van der Waals surface area contributed by atoms with Gasteiger partial charge in [0, 0.05) is 17.9 Å². The third-order valence-electron chi connectivity index (χ3n) is 3.20. The number of alkyl carbamates (subject to hydrolysis) is 1. The van der Waals surface area contributed by atoms with Gasteiger partial charge in [-0.2, -0.15) is 0 Å². The highest BCUT2D eigenvalue weighted by Gasteiger charge is 2.26. The lowest BCUT2D eigenvalue weighted by Crippen LogP contribution is -2.40. The zero-order chi connectivity index (χ0) is 16.0. The molecule has 1 rings (SSSR count). The molecular weight excluding hydrogens is 273 g/mol. The van der Waals surface area contributed by atoms with E-state index >= 15 is 0 Å². The van der Waals surface area contributed by atoms with Crippen molar-refractivity contribution >= 4 is 11.9 Å². The molecule has 4 nitrogen and oxygen atoms in total. The number of methoxy groups -OCH3 is 1. The lowest BCUT2D eigenvalue weighted by Gasteiger charge is -2.23. The van der Waals surface area contributed by atoms with Crippen molar-refractivity contribution in [2.45, 2.75) is 39.7 Å². The summed E-state index contributed by atoms with van der Waals surface area (Å²) in [5.41, 5.74) is -0.0497. The van der Waals surface area contributed by atoms with Gasteiger partial charge in [-0.1, -0.05) is 39.0 Å². The van der Waals surface area contributed by atoms with Crippen LogP contribution in [0.25, 0.3) is 0 Å². The molecule has 0 aliphatic carbocycles.